The van der Waals surface area contributed by atoms with Crippen LogP contribution in [0.4, 0.5) is 11.4 Å². The molecule has 0 amide bonds. The molecular formula is C21H21NO2. The largest absolute Gasteiger partial charge is 0.428 e. The van der Waals surface area contributed by atoms with E-state index in [2.05, 4.69) is 56.0 Å². The van der Waals surface area contributed by atoms with Gasteiger partial charge in [0.2, 0.25) is 0 Å². The van der Waals surface area contributed by atoms with E-state index in [9.17, 15) is 0 Å². The molecule has 3 heteroatoms. The molecule has 1 aliphatic heterocycles. The number of hydrogen-bond donors (Lipinski definition) is 0. The minimum atomic E-state index is 0.274. The zero-order valence-electron chi connectivity index (χ0n) is 14.2. The fourth-order valence-electron chi connectivity index (χ4n) is 3.34. The number of furan rings is 1. The topological polar surface area (TPSA) is 25.6 Å². The molecular weight excluding hydrogens is 298 g/mol. The summed E-state index contributed by atoms with van der Waals surface area (Å²) in [6, 6.07) is 18.5. The van der Waals surface area contributed by atoms with Crippen LogP contribution in [-0.4, -0.2) is 6.54 Å². The van der Waals surface area contributed by atoms with Crippen LogP contribution < -0.4 is 9.64 Å². The summed E-state index contributed by atoms with van der Waals surface area (Å²) in [7, 11) is 0. The van der Waals surface area contributed by atoms with E-state index in [1.54, 1.807) is 0 Å². The van der Waals surface area contributed by atoms with Gasteiger partial charge in [-0.3, -0.25) is 0 Å². The first-order valence-corrected chi connectivity index (χ1v) is 8.47. The van der Waals surface area contributed by atoms with Crippen molar-refractivity contribution >= 4 is 11.4 Å². The summed E-state index contributed by atoms with van der Waals surface area (Å²) < 4.78 is 12.3. The number of ether oxygens (including phenoxy) is 1. The number of para-hydroxylation sites is 2. The van der Waals surface area contributed by atoms with E-state index in [0.717, 1.165) is 40.6 Å². The number of rotatable bonds is 3. The molecule has 1 aliphatic rings. The normalized spacial score (nSPS) is 12.8. The van der Waals surface area contributed by atoms with E-state index in [0.29, 0.717) is 5.95 Å². The van der Waals surface area contributed by atoms with Gasteiger partial charge in [0.1, 0.15) is 11.4 Å². The highest BCUT2D eigenvalue weighted by Gasteiger charge is 2.33. The molecule has 0 atom stereocenters. The van der Waals surface area contributed by atoms with Crippen molar-refractivity contribution in [3.8, 4) is 22.8 Å². The molecule has 1 aromatic heterocycles. The average Bonchev–Trinajstić information content (AvgIpc) is 2.99. The molecule has 0 saturated carbocycles. The molecule has 0 aliphatic carbocycles. The standard InChI is InChI=1S/C21H21NO2/c1-4-22-16-12-8-9-13-17(16)23-21-19(22)18(20(24-21)14(2)3)15-10-6-5-7-11-15/h5-14H,4H2,1-3H3. The number of fused-ring (bicyclic) bond motifs is 2. The molecule has 2 heterocycles. The highest BCUT2D eigenvalue weighted by Crippen LogP contribution is 2.54. The number of anilines is 2. The van der Waals surface area contributed by atoms with Gasteiger partial charge in [-0.2, -0.15) is 0 Å². The summed E-state index contributed by atoms with van der Waals surface area (Å²) in [6.45, 7) is 7.31. The second-order valence-corrected chi connectivity index (χ2v) is 6.31. The van der Waals surface area contributed by atoms with Crippen molar-refractivity contribution in [1.82, 2.24) is 0 Å². The maximum absolute atomic E-state index is 6.18. The van der Waals surface area contributed by atoms with Crippen molar-refractivity contribution < 1.29 is 9.15 Å². The Morgan fingerprint density at radius 3 is 2.38 bits per heavy atom. The zero-order chi connectivity index (χ0) is 16.7. The Kier molecular flexibility index (Phi) is 3.57. The predicted molar refractivity (Wildman–Crippen MR) is 97.4 cm³/mol. The van der Waals surface area contributed by atoms with Crippen molar-refractivity contribution in [1.29, 1.82) is 0 Å². The lowest BCUT2D eigenvalue weighted by Gasteiger charge is -2.29. The molecule has 0 bridgehead atoms. The summed E-state index contributed by atoms with van der Waals surface area (Å²) in [5.74, 6) is 2.68. The van der Waals surface area contributed by atoms with Crippen LogP contribution in [0.25, 0.3) is 11.1 Å². The van der Waals surface area contributed by atoms with Crippen LogP contribution in [0.2, 0.25) is 0 Å². The third-order valence-electron chi connectivity index (χ3n) is 4.41. The second-order valence-electron chi connectivity index (χ2n) is 6.31. The third-order valence-corrected chi connectivity index (χ3v) is 4.41. The van der Waals surface area contributed by atoms with Crippen LogP contribution in [0.3, 0.4) is 0 Å². The van der Waals surface area contributed by atoms with E-state index < -0.39 is 0 Å². The Labute approximate surface area is 142 Å². The number of hydrogen-bond acceptors (Lipinski definition) is 3. The number of benzene rings is 2. The van der Waals surface area contributed by atoms with Gasteiger partial charge in [-0.15, -0.1) is 0 Å². The van der Waals surface area contributed by atoms with Crippen LogP contribution in [0.1, 0.15) is 32.4 Å². The summed E-state index contributed by atoms with van der Waals surface area (Å²) in [6.07, 6.45) is 0. The van der Waals surface area contributed by atoms with Crippen molar-refractivity contribution in [3.63, 3.8) is 0 Å². The zero-order valence-corrected chi connectivity index (χ0v) is 14.2. The highest BCUT2D eigenvalue weighted by molar-refractivity contribution is 5.90. The Bertz CT molecular complexity index is 865. The minimum absolute atomic E-state index is 0.274. The summed E-state index contributed by atoms with van der Waals surface area (Å²) in [4.78, 5) is 2.28. The first-order chi connectivity index (χ1) is 11.7. The van der Waals surface area contributed by atoms with E-state index in [1.807, 2.05) is 24.3 Å². The van der Waals surface area contributed by atoms with Gasteiger partial charge in [0.15, 0.2) is 5.75 Å². The third kappa shape index (κ3) is 2.20. The predicted octanol–water partition coefficient (Wildman–Crippen LogP) is 6.33. The lowest BCUT2D eigenvalue weighted by atomic mass is 9.98. The van der Waals surface area contributed by atoms with Crippen LogP contribution in [0, 0.1) is 0 Å². The second kappa shape index (κ2) is 5.75. The molecule has 0 radical (unpaired) electrons. The van der Waals surface area contributed by atoms with Crippen molar-refractivity contribution in [2.45, 2.75) is 26.7 Å². The van der Waals surface area contributed by atoms with E-state index in [-0.39, 0.29) is 5.92 Å². The summed E-state index contributed by atoms with van der Waals surface area (Å²) in [5.41, 5.74) is 4.41. The molecule has 0 fully saturated rings. The van der Waals surface area contributed by atoms with Crippen LogP contribution in [0.15, 0.2) is 59.0 Å². The molecule has 0 unspecified atom stereocenters. The van der Waals surface area contributed by atoms with Crippen molar-refractivity contribution in [2.75, 3.05) is 11.4 Å². The quantitative estimate of drug-likeness (QED) is 0.564. The first-order valence-electron chi connectivity index (χ1n) is 8.47. The molecule has 122 valence electrons. The summed E-state index contributed by atoms with van der Waals surface area (Å²) >= 11 is 0. The molecule has 4 rings (SSSR count). The van der Waals surface area contributed by atoms with Gasteiger partial charge < -0.3 is 14.1 Å². The van der Waals surface area contributed by atoms with Crippen LogP contribution in [0.5, 0.6) is 11.7 Å². The monoisotopic (exact) mass is 319 g/mol. The van der Waals surface area contributed by atoms with Crippen molar-refractivity contribution in [2.24, 2.45) is 0 Å². The smallest absolute Gasteiger partial charge is 0.315 e. The molecule has 0 spiro atoms. The average molecular weight is 319 g/mol. The Balaban J connectivity index is 1.98. The fourth-order valence-corrected chi connectivity index (χ4v) is 3.34. The lowest BCUT2D eigenvalue weighted by molar-refractivity contribution is 0.324. The molecule has 0 saturated heterocycles. The molecule has 2 aromatic carbocycles. The highest BCUT2D eigenvalue weighted by atomic mass is 16.6. The number of nitrogens with zero attached hydrogens (tertiary/aromatic N) is 1. The van der Waals surface area contributed by atoms with Crippen LogP contribution in [-0.2, 0) is 0 Å². The summed E-state index contributed by atoms with van der Waals surface area (Å²) in [5, 5.41) is 0. The van der Waals surface area contributed by atoms with Gasteiger partial charge in [-0.25, -0.2) is 0 Å². The van der Waals surface area contributed by atoms with Gasteiger partial charge in [0.05, 0.1) is 11.3 Å². The molecule has 3 nitrogen and oxygen atoms in total. The molecule has 24 heavy (non-hydrogen) atoms. The van der Waals surface area contributed by atoms with Gasteiger partial charge in [-0.05, 0) is 24.6 Å². The van der Waals surface area contributed by atoms with Gasteiger partial charge in [0, 0.05) is 12.5 Å². The van der Waals surface area contributed by atoms with Gasteiger partial charge >= 0.3 is 5.95 Å². The van der Waals surface area contributed by atoms with E-state index in [4.69, 9.17) is 9.15 Å². The van der Waals surface area contributed by atoms with E-state index in [1.165, 1.54) is 0 Å². The SMILES string of the molecule is CCN1c2ccccc2Oc2oc(C(C)C)c(-c3ccccc3)c21. The minimum Gasteiger partial charge on any atom is -0.428 e. The Morgan fingerprint density at radius 2 is 1.67 bits per heavy atom. The first kappa shape index (κ1) is 14.9. The van der Waals surface area contributed by atoms with Crippen LogP contribution >= 0.6 is 0 Å². The van der Waals surface area contributed by atoms with Gasteiger partial charge in [0.25, 0.3) is 0 Å². The Hall–Kier alpha value is -2.68. The van der Waals surface area contributed by atoms with Gasteiger partial charge in [-0.1, -0.05) is 56.3 Å². The maximum atomic E-state index is 6.18. The fraction of sp³-hybridized carbons (Fsp3) is 0.238. The maximum Gasteiger partial charge on any atom is 0.315 e. The molecule has 3 aromatic rings. The lowest BCUT2D eigenvalue weighted by Crippen LogP contribution is -2.20. The Morgan fingerprint density at radius 1 is 0.958 bits per heavy atom. The van der Waals surface area contributed by atoms with Crippen molar-refractivity contribution in [3.05, 3.63) is 60.4 Å². The van der Waals surface area contributed by atoms with E-state index >= 15 is 0 Å². The molecule has 0 N–H and O–H groups in total.